The van der Waals surface area contributed by atoms with Crippen molar-refractivity contribution in [3.63, 3.8) is 0 Å². The minimum absolute atomic E-state index is 0.116. The SMILES string of the molecule is CC(CCC(=O)O)CNC(=O)c1cc(Cl)c[nH]1. The van der Waals surface area contributed by atoms with Gasteiger partial charge in [0.2, 0.25) is 0 Å². The van der Waals surface area contributed by atoms with Crippen LogP contribution in [0.15, 0.2) is 12.3 Å². The molecule has 5 nitrogen and oxygen atoms in total. The molecule has 0 bridgehead atoms. The van der Waals surface area contributed by atoms with Crippen molar-refractivity contribution in [1.29, 1.82) is 0 Å². The maximum absolute atomic E-state index is 11.6. The largest absolute Gasteiger partial charge is 0.481 e. The minimum Gasteiger partial charge on any atom is -0.481 e. The summed E-state index contributed by atoms with van der Waals surface area (Å²) >= 11 is 5.68. The first-order valence-electron chi connectivity index (χ1n) is 5.33. The van der Waals surface area contributed by atoms with Gasteiger partial charge >= 0.3 is 5.97 Å². The van der Waals surface area contributed by atoms with Gasteiger partial charge in [-0.05, 0) is 18.4 Å². The monoisotopic (exact) mass is 258 g/mol. The lowest BCUT2D eigenvalue weighted by Crippen LogP contribution is -2.28. The van der Waals surface area contributed by atoms with Gasteiger partial charge in [-0.15, -0.1) is 0 Å². The maximum atomic E-state index is 11.6. The number of carboxylic acid groups (broad SMARTS) is 1. The molecule has 1 aromatic rings. The van der Waals surface area contributed by atoms with Crippen molar-refractivity contribution in [2.75, 3.05) is 6.54 Å². The van der Waals surface area contributed by atoms with Gasteiger partial charge in [0.15, 0.2) is 0 Å². The van der Waals surface area contributed by atoms with E-state index in [-0.39, 0.29) is 18.2 Å². The van der Waals surface area contributed by atoms with Gasteiger partial charge in [-0.25, -0.2) is 0 Å². The van der Waals surface area contributed by atoms with Crippen LogP contribution in [0.3, 0.4) is 0 Å². The highest BCUT2D eigenvalue weighted by atomic mass is 35.5. The summed E-state index contributed by atoms with van der Waals surface area (Å²) in [5.41, 5.74) is 0.403. The Bertz CT molecular complexity index is 403. The zero-order chi connectivity index (χ0) is 12.8. The quantitative estimate of drug-likeness (QED) is 0.729. The van der Waals surface area contributed by atoms with E-state index in [0.717, 1.165) is 0 Å². The zero-order valence-corrected chi connectivity index (χ0v) is 10.3. The Kier molecular flexibility index (Phi) is 5.03. The molecule has 1 amide bonds. The van der Waals surface area contributed by atoms with Crippen molar-refractivity contribution < 1.29 is 14.7 Å². The molecule has 6 heteroatoms. The van der Waals surface area contributed by atoms with E-state index >= 15 is 0 Å². The molecular formula is C11H15ClN2O3. The fourth-order valence-electron chi connectivity index (χ4n) is 1.33. The number of hydrogen-bond acceptors (Lipinski definition) is 2. The standard InChI is InChI=1S/C11H15ClN2O3/c1-7(2-3-10(15)16)5-14-11(17)9-4-8(12)6-13-9/h4,6-7,13H,2-3,5H2,1H3,(H,14,17)(H,15,16). The number of rotatable bonds is 6. The number of amides is 1. The van der Waals surface area contributed by atoms with Crippen LogP contribution in [0.1, 0.15) is 30.3 Å². The van der Waals surface area contributed by atoms with Crippen LogP contribution in [0.25, 0.3) is 0 Å². The molecule has 94 valence electrons. The van der Waals surface area contributed by atoms with E-state index in [0.29, 0.717) is 23.7 Å². The molecule has 0 radical (unpaired) electrons. The highest BCUT2D eigenvalue weighted by Crippen LogP contribution is 2.09. The normalized spacial score (nSPS) is 12.1. The van der Waals surface area contributed by atoms with Gasteiger partial charge in [-0.2, -0.15) is 0 Å². The number of halogens is 1. The van der Waals surface area contributed by atoms with Crippen LogP contribution in [-0.2, 0) is 4.79 Å². The van der Waals surface area contributed by atoms with Crippen molar-refractivity contribution in [3.05, 3.63) is 23.0 Å². The second-order valence-corrected chi connectivity index (χ2v) is 4.42. The van der Waals surface area contributed by atoms with E-state index in [9.17, 15) is 9.59 Å². The minimum atomic E-state index is -0.820. The molecule has 1 atom stereocenters. The molecule has 0 spiro atoms. The number of carbonyl (C=O) groups is 2. The van der Waals surface area contributed by atoms with Crippen LogP contribution >= 0.6 is 11.6 Å². The van der Waals surface area contributed by atoms with Gasteiger partial charge in [0, 0.05) is 19.2 Å². The summed E-state index contributed by atoms with van der Waals surface area (Å²) in [6, 6.07) is 1.54. The second kappa shape index (κ2) is 6.30. The summed E-state index contributed by atoms with van der Waals surface area (Å²) in [6.45, 7) is 2.34. The van der Waals surface area contributed by atoms with Crippen LogP contribution in [-0.4, -0.2) is 28.5 Å². The third kappa shape index (κ3) is 4.91. The molecule has 0 saturated heterocycles. The van der Waals surface area contributed by atoms with Crippen molar-refractivity contribution in [2.45, 2.75) is 19.8 Å². The lowest BCUT2D eigenvalue weighted by molar-refractivity contribution is -0.137. The molecule has 0 aliphatic heterocycles. The molecule has 1 aromatic heterocycles. The Morgan fingerprint density at radius 2 is 2.29 bits per heavy atom. The summed E-state index contributed by atoms with van der Waals surface area (Å²) in [6.07, 6.45) is 2.19. The number of aromatic nitrogens is 1. The maximum Gasteiger partial charge on any atom is 0.303 e. The zero-order valence-electron chi connectivity index (χ0n) is 9.50. The first-order valence-corrected chi connectivity index (χ1v) is 5.70. The lowest BCUT2D eigenvalue weighted by Gasteiger charge is -2.10. The van der Waals surface area contributed by atoms with E-state index in [1.165, 1.54) is 6.20 Å². The second-order valence-electron chi connectivity index (χ2n) is 3.98. The molecule has 1 heterocycles. The Hall–Kier alpha value is -1.49. The van der Waals surface area contributed by atoms with Gasteiger partial charge in [0.25, 0.3) is 5.91 Å². The molecule has 0 fully saturated rings. The predicted molar refractivity (Wildman–Crippen MR) is 64.2 cm³/mol. The Labute approximate surface area is 104 Å². The fourth-order valence-corrected chi connectivity index (χ4v) is 1.50. The molecule has 0 saturated carbocycles. The highest BCUT2D eigenvalue weighted by molar-refractivity contribution is 6.30. The molecule has 3 N–H and O–H groups in total. The summed E-state index contributed by atoms with van der Waals surface area (Å²) in [5.74, 6) is -0.932. The Morgan fingerprint density at radius 1 is 1.59 bits per heavy atom. The van der Waals surface area contributed by atoms with Crippen LogP contribution in [0, 0.1) is 5.92 Å². The molecule has 1 unspecified atom stereocenters. The topological polar surface area (TPSA) is 82.2 Å². The number of aromatic amines is 1. The van der Waals surface area contributed by atoms with Crippen molar-refractivity contribution in [2.24, 2.45) is 5.92 Å². The third-order valence-corrected chi connectivity index (χ3v) is 2.57. The fraction of sp³-hybridized carbons (Fsp3) is 0.455. The summed E-state index contributed by atoms with van der Waals surface area (Å²) in [4.78, 5) is 24.7. The summed E-state index contributed by atoms with van der Waals surface area (Å²) in [5, 5.41) is 11.7. The lowest BCUT2D eigenvalue weighted by atomic mass is 10.1. The van der Waals surface area contributed by atoms with Gasteiger partial charge < -0.3 is 15.4 Å². The number of hydrogen-bond donors (Lipinski definition) is 3. The first-order chi connectivity index (χ1) is 7.99. The van der Waals surface area contributed by atoms with E-state index in [4.69, 9.17) is 16.7 Å². The number of nitrogens with one attached hydrogen (secondary N) is 2. The highest BCUT2D eigenvalue weighted by Gasteiger charge is 2.10. The first kappa shape index (κ1) is 13.6. The third-order valence-electron chi connectivity index (χ3n) is 2.35. The number of aliphatic carboxylic acids is 1. The van der Waals surface area contributed by atoms with Crippen LogP contribution < -0.4 is 5.32 Å². The van der Waals surface area contributed by atoms with E-state index < -0.39 is 5.97 Å². The number of H-pyrrole nitrogens is 1. The molecule has 17 heavy (non-hydrogen) atoms. The van der Waals surface area contributed by atoms with Gasteiger partial charge in [0.05, 0.1) is 5.02 Å². The molecule has 1 rings (SSSR count). The molecule has 0 aliphatic carbocycles. The summed E-state index contributed by atoms with van der Waals surface area (Å²) in [7, 11) is 0. The van der Waals surface area contributed by atoms with Gasteiger partial charge in [-0.1, -0.05) is 18.5 Å². The Balaban J connectivity index is 2.30. The number of carbonyl (C=O) groups excluding carboxylic acids is 1. The molecule has 0 aliphatic rings. The van der Waals surface area contributed by atoms with E-state index in [2.05, 4.69) is 10.3 Å². The van der Waals surface area contributed by atoms with Crippen molar-refractivity contribution in [1.82, 2.24) is 10.3 Å². The predicted octanol–water partition coefficient (Wildman–Crippen LogP) is 1.90. The summed E-state index contributed by atoms with van der Waals surface area (Å²) < 4.78 is 0. The van der Waals surface area contributed by atoms with E-state index in [1.54, 1.807) is 6.07 Å². The van der Waals surface area contributed by atoms with Gasteiger partial charge in [-0.3, -0.25) is 9.59 Å². The van der Waals surface area contributed by atoms with E-state index in [1.807, 2.05) is 6.92 Å². The molecule has 0 aromatic carbocycles. The van der Waals surface area contributed by atoms with Crippen molar-refractivity contribution >= 4 is 23.5 Å². The smallest absolute Gasteiger partial charge is 0.303 e. The van der Waals surface area contributed by atoms with Gasteiger partial charge in [0.1, 0.15) is 5.69 Å². The van der Waals surface area contributed by atoms with Crippen LogP contribution in [0.5, 0.6) is 0 Å². The van der Waals surface area contributed by atoms with Crippen LogP contribution in [0.2, 0.25) is 5.02 Å². The Morgan fingerprint density at radius 3 is 2.82 bits per heavy atom. The average Bonchev–Trinajstić information content (AvgIpc) is 2.70. The molecular weight excluding hydrogens is 244 g/mol. The van der Waals surface area contributed by atoms with Crippen LogP contribution in [0.4, 0.5) is 0 Å². The van der Waals surface area contributed by atoms with Crippen molar-refractivity contribution in [3.8, 4) is 0 Å². The number of carboxylic acids is 1. The average molecular weight is 259 g/mol.